The first-order valence-electron chi connectivity index (χ1n) is 0.697. The van der Waals surface area contributed by atoms with Gasteiger partial charge in [-0.05, 0) is 0 Å². The highest BCUT2D eigenvalue weighted by Crippen LogP contribution is 1.23. The number of hydrogen-bond donors (Lipinski definition) is 1. The van der Waals surface area contributed by atoms with E-state index < -0.39 is 6.09 Å². The van der Waals surface area contributed by atoms with Crippen molar-refractivity contribution in [3.8, 4) is 0 Å². The van der Waals surface area contributed by atoms with Gasteiger partial charge in [0.05, 0.1) is 12.4 Å². The molecule has 3 nitrogen and oxygen atoms in total. The molecule has 0 rings (SSSR count). The van der Waals surface area contributed by atoms with Gasteiger partial charge in [-0.1, -0.05) is 0 Å². The van der Waals surface area contributed by atoms with Gasteiger partial charge in [0.1, 0.15) is 6.09 Å². The second-order valence-electron chi connectivity index (χ2n) is 0.319. The van der Waals surface area contributed by atoms with Crippen molar-refractivity contribution in [1.29, 1.82) is 0 Å². The molecular weight excluding hydrogens is 93.5 g/mol. The molecule has 0 heterocycles. The predicted molar refractivity (Wildman–Crippen MR) is 12.4 cm³/mol. The molecule has 0 fully saturated rings. The molecule has 0 unspecified atom stereocenters. The molecule has 32 valence electrons. The maximum Gasteiger partial charge on any atom is 0.131 e. The van der Waals surface area contributed by atoms with Gasteiger partial charge in [-0.15, -0.1) is 0 Å². The lowest BCUT2D eigenvalue weighted by atomic mass is 11.3. The first kappa shape index (κ1) is 8.82. The lowest BCUT2D eigenvalue weighted by Crippen LogP contribution is -2.29. The molecule has 0 aliphatic carbocycles. The number of carbonyl (C=O) groups is 1. The SMILES string of the molecule is NC(=O)[O-].[ClH2+]. The van der Waals surface area contributed by atoms with Gasteiger partial charge in [-0.3, -0.25) is 0 Å². The van der Waals surface area contributed by atoms with E-state index in [-0.39, 0.29) is 12.4 Å². The van der Waals surface area contributed by atoms with Gasteiger partial charge in [0.2, 0.25) is 0 Å². The fourth-order valence-electron chi connectivity index (χ4n) is 0. The maximum atomic E-state index is 8.67. The van der Waals surface area contributed by atoms with Crippen molar-refractivity contribution in [3.63, 3.8) is 0 Å². The van der Waals surface area contributed by atoms with Crippen molar-refractivity contribution >= 4 is 6.09 Å². The molecule has 0 aliphatic rings. The summed E-state index contributed by atoms with van der Waals surface area (Å²) < 4.78 is 0. The number of nitrogens with two attached hydrogens (primary N) is 1. The van der Waals surface area contributed by atoms with E-state index in [0.29, 0.717) is 0 Å². The second-order valence-corrected chi connectivity index (χ2v) is 0.319. The summed E-state index contributed by atoms with van der Waals surface area (Å²) in [6, 6.07) is 0. The normalized spacial score (nSPS) is 4.80. The van der Waals surface area contributed by atoms with Crippen molar-refractivity contribution < 1.29 is 22.3 Å². The van der Waals surface area contributed by atoms with E-state index in [1.165, 1.54) is 0 Å². The van der Waals surface area contributed by atoms with Crippen LogP contribution in [-0.2, 0) is 0 Å². The van der Waals surface area contributed by atoms with Gasteiger partial charge in [0.15, 0.2) is 0 Å². The van der Waals surface area contributed by atoms with Gasteiger partial charge in [0.25, 0.3) is 0 Å². The topological polar surface area (TPSA) is 66.2 Å². The molecule has 0 aromatic heterocycles. The Morgan fingerprint density at radius 1 is 1.80 bits per heavy atom. The van der Waals surface area contributed by atoms with Crippen LogP contribution in [0.4, 0.5) is 4.79 Å². The summed E-state index contributed by atoms with van der Waals surface area (Å²) in [7, 11) is 0. The van der Waals surface area contributed by atoms with Crippen LogP contribution in [-0.4, -0.2) is 6.09 Å². The minimum Gasteiger partial charge on any atom is -0.530 e. The van der Waals surface area contributed by atoms with Crippen LogP contribution in [0.15, 0.2) is 0 Å². The number of carboxylic acid groups (broad SMARTS) is 1. The van der Waals surface area contributed by atoms with Crippen LogP contribution in [0.3, 0.4) is 0 Å². The average Bonchev–Trinajstić information content (AvgIpc) is 0.811. The van der Waals surface area contributed by atoms with Crippen molar-refractivity contribution in [2.45, 2.75) is 0 Å². The minimum atomic E-state index is -1.58. The summed E-state index contributed by atoms with van der Waals surface area (Å²) in [4.78, 5) is 8.67. The average molecular weight is 97.5 g/mol. The molecule has 0 radical (unpaired) electrons. The van der Waals surface area contributed by atoms with Gasteiger partial charge in [-0.25, -0.2) is 0 Å². The zero-order chi connectivity index (χ0) is 3.58. The Labute approximate surface area is 35.2 Å². The van der Waals surface area contributed by atoms with E-state index in [2.05, 4.69) is 5.73 Å². The highest BCUT2D eigenvalue weighted by Gasteiger charge is 1.44. The smallest absolute Gasteiger partial charge is 0.131 e. The largest absolute Gasteiger partial charge is 0.530 e. The first-order chi connectivity index (χ1) is 1.73. The molecule has 1 amide bonds. The summed E-state index contributed by atoms with van der Waals surface area (Å²) >= 11 is 0. The molecule has 0 aromatic carbocycles. The Hall–Kier alpha value is -0.440. The van der Waals surface area contributed by atoms with E-state index >= 15 is 0 Å². The van der Waals surface area contributed by atoms with Gasteiger partial charge in [0, 0.05) is 0 Å². The molecule has 5 heavy (non-hydrogen) atoms. The predicted octanol–water partition coefficient (Wildman–Crippen LogP) is -2.25. The Morgan fingerprint density at radius 2 is 1.80 bits per heavy atom. The quantitative estimate of drug-likeness (QED) is 0.371. The Morgan fingerprint density at radius 3 is 1.80 bits per heavy atom. The summed E-state index contributed by atoms with van der Waals surface area (Å²) in [6.07, 6.45) is -1.58. The minimum absolute atomic E-state index is 0. The third kappa shape index (κ3) is 44.8. The van der Waals surface area contributed by atoms with Gasteiger partial charge >= 0.3 is 0 Å². The highest BCUT2D eigenvalue weighted by molar-refractivity contribution is 5.58. The third-order valence-corrected chi connectivity index (χ3v) is 0. The fourth-order valence-corrected chi connectivity index (χ4v) is 0. The Balaban J connectivity index is 0. The molecule has 0 saturated heterocycles. The van der Waals surface area contributed by atoms with Crippen LogP contribution in [0.5, 0.6) is 0 Å². The molecular formula is CH4ClNO2. The maximum absolute atomic E-state index is 8.67. The van der Waals surface area contributed by atoms with Crippen LogP contribution in [0.1, 0.15) is 0 Å². The fraction of sp³-hybridized carbons (Fsp3) is 0. The third-order valence-electron chi connectivity index (χ3n) is 0. The van der Waals surface area contributed by atoms with E-state index in [0.717, 1.165) is 0 Å². The Kier molecular flexibility index (Phi) is 6.28. The highest BCUT2D eigenvalue weighted by atomic mass is 35.5. The second kappa shape index (κ2) is 3.56. The molecule has 2 N–H and O–H groups in total. The van der Waals surface area contributed by atoms with Crippen LogP contribution in [0.2, 0.25) is 0 Å². The van der Waals surface area contributed by atoms with E-state index in [1.807, 2.05) is 0 Å². The van der Waals surface area contributed by atoms with Crippen LogP contribution in [0.25, 0.3) is 0 Å². The van der Waals surface area contributed by atoms with Crippen molar-refractivity contribution in [3.05, 3.63) is 0 Å². The lowest BCUT2D eigenvalue weighted by molar-refractivity contribution is -0.245. The molecule has 0 bridgehead atoms. The van der Waals surface area contributed by atoms with Crippen LogP contribution in [0, 0.1) is 12.4 Å². The van der Waals surface area contributed by atoms with Crippen molar-refractivity contribution in [2.75, 3.05) is 0 Å². The number of halogens is 1. The van der Waals surface area contributed by atoms with Gasteiger partial charge in [-0.2, -0.15) is 0 Å². The molecule has 0 atom stereocenters. The molecule has 4 heteroatoms. The number of primary amides is 1. The summed E-state index contributed by atoms with van der Waals surface area (Å²) in [5.74, 6) is 0. The van der Waals surface area contributed by atoms with Crippen LogP contribution >= 0.6 is 0 Å². The lowest BCUT2D eigenvalue weighted by Gasteiger charge is -1.78. The molecule has 0 saturated carbocycles. The monoisotopic (exact) mass is 97.0 g/mol. The summed E-state index contributed by atoms with van der Waals surface area (Å²) in [5.41, 5.74) is 3.92. The Bertz CT molecular complexity index is 32.6. The zero-order valence-corrected chi connectivity index (χ0v) is 3.24. The van der Waals surface area contributed by atoms with Crippen molar-refractivity contribution in [1.82, 2.24) is 0 Å². The number of amides is 1. The number of hydrogen-bond acceptors (Lipinski definition) is 2. The van der Waals surface area contributed by atoms with E-state index in [1.54, 1.807) is 0 Å². The van der Waals surface area contributed by atoms with Gasteiger partial charge < -0.3 is 15.6 Å². The van der Waals surface area contributed by atoms with Crippen molar-refractivity contribution in [2.24, 2.45) is 5.73 Å². The summed E-state index contributed by atoms with van der Waals surface area (Å²) in [6.45, 7) is 0. The molecule has 0 aromatic rings. The standard InChI is InChI=1S/CH3NO2.ClH2/c2-1(3)4;/h2H2,(H,3,4);1H2/q;+1/p-1. The zero-order valence-electron chi connectivity index (χ0n) is 2.34. The first-order valence-corrected chi connectivity index (χ1v) is 0.697. The molecule has 0 aliphatic heterocycles. The summed E-state index contributed by atoms with van der Waals surface area (Å²) in [5, 5.41) is 8.67. The number of rotatable bonds is 0. The van der Waals surface area contributed by atoms with E-state index in [4.69, 9.17) is 9.90 Å². The van der Waals surface area contributed by atoms with Crippen LogP contribution < -0.4 is 10.8 Å². The van der Waals surface area contributed by atoms with E-state index in [9.17, 15) is 0 Å². The molecule has 0 spiro atoms. The number of carbonyl (C=O) groups excluding carboxylic acids is 1.